The molecule has 0 aromatic carbocycles. The van der Waals surface area contributed by atoms with Crippen molar-refractivity contribution in [2.45, 2.75) is 6.42 Å². The van der Waals surface area contributed by atoms with Crippen molar-refractivity contribution in [3.05, 3.63) is 0 Å². The van der Waals surface area contributed by atoms with E-state index in [4.69, 9.17) is 4.74 Å². The maximum Gasteiger partial charge on any atom is 0.319 e. The maximum atomic E-state index is 12.2. The van der Waals surface area contributed by atoms with Crippen LogP contribution in [0.4, 0.5) is 4.79 Å². The number of ether oxygens (including phenoxy) is 1. The lowest BCUT2D eigenvalue weighted by atomic mass is 10.2. The summed E-state index contributed by atoms with van der Waals surface area (Å²) in [4.78, 5) is 31.6. The average Bonchev–Trinajstić information content (AvgIpc) is 2.53. The van der Waals surface area contributed by atoms with E-state index < -0.39 is 0 Å². The third kappa shape index (κ3) is 4.57. The minimum absolute atomic E-state index is 0.0235. The van der Waals surface area contributed by atoms with Gasteiger partial charge in [0.25, 0.3) is 0 Å². The Morgan fingerprint density at radius 3 is 2.10 bits per heavy atom. The van der Waals surface area contributed by atoms with Gasteiger partial charge in [0.1, 0.15) is 0 Å². The predicted octanol–water partition coefficient (Wildman–Crippen LogP) is -0.465. The van der Waals surface area contributed by atoms with Gasteiger partial charge in [-0.05, 0) is 0 Å². The molecule has 0 aromatic heterocycles. The Bertz CT molecular complexity index is 361. The van der Waals surface area contributed by atoms with Crippen LogP contribution in [-0.2, 0) is 9.53 Å². The van der Waals surface area contributed by atoms with Crippen LogP contribution in [0, 0.1) is 0 Å². The third-order valence-corrected chi connectivity index (χ3v) is 4.03. The number of carbonyl (C=O) groups excluding carboxylic acids is 2. The minimum atomic E-state index is 0.0235. The molecule has 0 radical (unpaired) electrons. The summed E-state index contributed by atoms with van der Waals surface area (Å²) in [6.45, 7) is 6.69. The zero-order chi connectivity index (χ0) is 15.2. The molecule has 21 heavy (non-hydrogen) atoms. The second kappa shape index (κ2) is 7.61. The fraction of sp³-hybridized carbons (Fsp3) is 0.857. The number of rotatable bonds is 3. The fourth-order valence-electron chi connectivity index (χ4n) is 2.67. The summed E-state index contributed by atoms with van der Waals surface area (Å²) in [7, 11) is 3.50. The van der Waals surface area contributed by atoms with E-state index >= 15 is 0 Å². The highest BCUT2D eigenvalue weighted by molar-refractivity contribution is 5.77. The number of carbonyl (C=O) groups is 2. The molecule has 2 aliphatic rings. The summed E-state index contributed by atoms with van der Waals surface area (Å²) in [6.07, 6.45) is 0.557. The SMILES string of the molecule is CN(C)C(=O)N1CCN(C(=O)CCN2CCOCC2)CC1. The molecule has 7 nitrogen and oxygen atoms in total. The van der Waals surface area contributed by atoms with Gasteiger partial charge in [-0.15, -0.1) is 0 Å². The van der Waals surface area contributed by atoms with Gasteiger partial charge in [0.2, 0.25) is 5.91 Å². The molecule has 2 heterocycles. The molecule has 2 rings (SSSR count). The topological polar surface area (TPSA) is 56.3 Å². The van der Waals surface area contributed by atoms with Crippen LogP contribution >= 0.6 is 0 Å². The number of morpholine rings is 1. The Hall–Kier alpha value is -1.34. The van der Waals surface area contributed by atoms with Crippen molar-refractivity contribution >= 4 is 11.9 Å². The van der Waals surface area contributed by atoms with Crippen molar-refractivity contribution < 1.29 is 14.3 Å². The van der Waals surface area contributed by atoms with E-state index in [0.29, 0.717) is 32.6 Å². The number of hydrogen-bond acceptors (Lipinski definition) is 4. The Morgan fingerprint density at radius 1 is 0.952 bits per heavy atom. The van der Waals surface area contributed by atoms with Gasteiger partial charge in [0, 0.05) is 66.3 Å². The van der Waals surface area contributed by atoms with Crippen LogP contribution in [0.15, 0.2) is 0 Å². The molecule has 2 aliphatic heterocycles. The first-order valence-electron chi connectivity index (χ1n) is 7.62. The highest BCUT2D eigenvalue weighted by atomic mass is 16.5. The number of urea groups is 1. The predicted molar refractivity (Wildman–Crippen MR) is 79.1 cm³/mol. The average molecular weight is 298 g/mol. The van der Waals surface area contributed by atoms with Crippen LogP contribution in [0.3, 0.4) is 0 Å². The number of hydrogen-bond donors (Lipinski definition) is 0. The molecule has 7 heteroatoms. The van der Waals surface area contributed by atoms with Crippen molar-refractivity contribution in [3.8, 4) is 0 Å². The molecule has 0 aromatic rings. The molecule has 0 aliphatic carbocycles. The number of amides is 3. The third-order valence-electron chi connectivity index (χ3n) is 4.03. The summed E-state index contributed by atoms with van der Waals surface area (Å²) < 4.78 is 5.30. The van der Waals surface area contributed by atoms with Crippen LogP contribution in [-0.4, -0.2) is 105 Å². The van der Waals surface area contributed by atoms with Crippen molar-refractivity contribution in [1.29, 1.82) is 0 Å². The molecular formula is C14H26N4O3. The first-order valence-corrected chi connectivity index (χ1v) is 7.62. The summed E-state index contributed by atoms with van der Waals surface area (Å²) in [5.41, 5.74) is 0. The van der Waals surface area contributed by atoms with E-state index in [1.807, 2.05) is 4.90 Å². The van der Waals surface area contributed by atoms with Gasteiger partial charge in [0.15, 0.2) is 0 Å². The van der Waals surface area contributed by atoms with Crippen molar-refractivity contribution in [3.63, 3.8) is 0 Å². The molecule has 2 saturated heterocycles. The molecule has 0 N–H and O–H groups in total. The van der Waals surface area contributed by atoms with Crippen molar-refractivity contribution in [1.82, 2.24) is 19.6 Å². The largest absolute Gasteiger partial charge is 0.379 e. The lowest BCUT2D eigenvalue weighted by molar-refractivity contribution is -0.133. The molecule has 2 fully saturated rings. The Balaban J connectivity index is 1.69. The smallest absolute Gasteiger partial charge is 0.319 e. The molecular weight excluding hydrogens is 272 g/mol. The van der Waals surface area contributed by atoms with Gasteiger partial charge < -0.3 is 19.4 Å². The lowest BCUT2D eigenvalue weighted by Crippen LogP contribution is -2.53. The van der Waals surface area contributed by atoms with Gasteiger partial charge in [-0.3, -0.25) is 9.69 Å². The highest BCUT2D eigenvalue weighted by Gasteiger charge is 2.25. The Morgan fingerprint density at radius 2 is 1.52 bits per heavy atom. The Labute approximate surface area is 126 Å². The molecule has 3 amide bonds. The zero-order valence-corrected chi connectivity index (χ0v) is 13.1. The van der Waals surface area contributed by atoms with Crippen molar-refractivity contribution in [2.75, 3.05) is 73.1 Å². The van der Waals surface area contributed by atoms with Crippen LogP contribution in [0.5, 0.6) is 0 Å². The van der Waals surface area contributed by atoms with E-state index in [0.717, 1.165) is 32.8 Å². The van der Waals surface area contributed by atoms with E-state index in [1.54, 1.807) is 23.9 Å². The van der Waals surface area contributed by atoms with Crippen molar-refractivity contribution in [2.24, 2.45) is 0 Å². The highest BCUT2D eigenvalue weighted by Crippen LogP contribution is 2.07. The summed E-state index contributed by atoms with van der Waals surface area (Å²) in [5.74, 6) is 0.193. The summed E-state index contributed by atoms with van der Waals surface area (Å²) >= 11 is 0. The first-order chi connectivity index (χ1) is 10.1. The molecule has 0 saturated carbocycles. The second-order valence-corrected chi connectivity index (χ2v) is 5.75. The van der Waals surface area contributed by atoms with Gasteiger partial charge in [-0.2, -0.15) is 0 Å². The first kappa shape index (κ1) is 16.0. The molecule has 0 bridgehead atoms. The van der Waals surface area contributed by atoms with Crippen LogP contribution in [0.1, 0.15) is 6.42 Å². The van der Waals surface area contributed by atoms with Gasteiger partial charge in [0.05, 0.1) is 13.2 Å². The normalized spacial score (nSPS) is 20.5. The number of piperazine rings is 1. The minimum Gasteiger partial charge on any atom is -0.379 e. The number of nitrogens with zero attached hydrogens (tertiary/aromatic N) is 4. The van der Waals surface area contributed by atoms with Gasteiger partial charge >= 0.3 is 6.03 Å². The zero-order valence-electron chi connectivity index (χ0n) is 13.1. The van der Waals surface area contributed by atoms with E-state index in [-0.39, 0.29) is 11.9 Å². The van der Waals surface area contributed by atoms with Gasteiger partial charge in [-0.25, -0.2) is 4.79 Å². The molecule has 0 spiro atoms. The fourth-order valence-corrected chi connectivity index (χ4v) is 2.67. The molecule has 0 unspecified atom stereocenters. The van der Waals surface area contributed by atoms with Gasteiger partial charge in [-0.1, -0.05) is 0 Å². The van der Waals surface area contributed by atoms with Crippen LogP contribution in [0.25, 0.3) is 0 Å². The Kier molecular flexibility index (Phi) is 5.81. The molecule has 0 atom stereocenters. The standard InChI is InChI=1S/C14H26N4O3/c1-15(2)14(20)18-7-5-17(6-8-18)13(19)3-4-16-9-11-21-12-10-16/h3-12H2,1-2H3. The van der Waals surface area contributed by atoms with E-state index in [9.17, 15) is 9.59 Å². The lowest BCUT2D eigenvalue weighted by Gasteiger charge is -2.36. The summed E-state index contributed by atoms with van der Waals surface area (Å²) in [5, 5.41) is 0. The molecule has 120 valence electrons. The second-order valence-electron chi connectivity index (χ2n) is 5.75. The van der Waals surface area contributed by atoms with E-state index in [2.05, 4.69) is 4.90 Å². The van der Waals surface area contributed by atoms with Crippen LogP contribution in [0.2, 0.25) is 0 Å². The monoisotopic (exact) mass is 298 g/mol. The summed E-state index contributed by atoms with van der Waals surface area (Å²) in [6, 6.07) is 0.0235. The van der Waals surface area contributed by atoms with E-state index in [1.165, 1.54) is 0 Å². The quantitative estimate of drug-likeness (QED) is 0.707. The maximum absolute atomic E-state index is 12.2. The van der Waals surface area contributed by atoms with Crippen LogP contribution < -0.4 is 0 Å².